The molecule has 1 N–H and O–H groups in total. The molecule has 2 aromatic rings. The van der Waals surface area contributed by atoms with E-state index in [1.807, 2.05) is 46.4 Å². The minimum Gasteiger partial charge on any atom is -0.444 e. The standard InChI is InChI=1S/C31H44N4O3/c1-30(2,3)27-28(36)34(20-21-35(27)29(37)38-31(4,5)6)22-23-10-12-24(13-11-23)32-25-14-16-26(17-15-25)33-18-8-7-9-19-33/h10-17,27,32H,7-9,18-22H2,1-6H3. The molecule has 0 bridgehead atoms. The van der Waals surface area contributed by atoms with Gasteiger partial charge in [0, 0.05) is 49.8 Å². The number of piperazine rings is 1. The lowest BCUT2D eigenvalue weighted by molar-refractivity contribution is -0.147. The van der Waals surface area contributed by atoms with E-state index in [0.29, 0.717) is 19.6 Å². The van der Waals surface area contributed by atoms with Gasteiger partial charge in [-0.3, -0.25) is 9.69 Å². The van der Waals surface area contributed by atoms with Crippen molar-refractivity contribution in [1.29, 1.82) is 0 Å². The maximum Gasteiger partial charge on any atom is 0.411 e. The Labute approximate surface area is 228 Å². The fraction of sp³-hybridized carbons (Fsp3) is 0.548. The van der Waals surface area contributed by atoms with Gasteiger partial charge in [-0.05, 0) is 87.4 Å². The Morgan fingerprint density at radius 1 is 0.842 bits per heavy atom. The van der Waals surface area contributed by atoms with Crippen LogP contribution in [-0.4, -0.2) is 59.6 Å². The Bertz CT molecular complexity index is 1090. The average Bonchev–Trinajstić information content (AvgIpc) is 2.85. The van der Waals surface area contributed by atoms with E-state index in [1.165, 1.54) is 24.9 Å². The minimum absolute atomic E-state index is 0.0365. The van der Waals surface area contributed by atoms with Crippen LogP contribution in [0, 0.1) is 5.41 Å². The summed E-state index contributed by atoms with van der Waals surface area (Å²) in [5.41, 5.74) is 3.39. The van der Waals surface area contributed by atoms with Crippen molar-refractivity contribution in [3.05, 3.63) is 54.1 Å². The molecule has 0 saturated carbocycles. The first-order valence-corrected chi connectivity index (χ1v) is 13.9. The van der Waals surface area contributed by atoms with Crippen LogP contribution in [0.5, 0.6) is 0 Å². The summed E-state index contributed by atoms with van der Waals surface area (Å²) < 4.78 is 5.61. The molecule has 0 spiro atoms. The first-order valence-electron chi connectivity index (χ1n) is 13.9. The average molecular weight is 521 g/mol. The largest absolute Gasteiger partial charge is 0.444 e. The SMILES string of the molecule is CC(C)(C)OC(=O)N1CCN(Cc2ccc(Nc3ccc(N4CCCCC4)cc3)cc2)C(=O)C1C(C)(C)C. The van der Waals surface area contributed by atoms with Crippen molar-refractivity contribution in [3.8, 4) is 0 Å². The Balaban J connectivity index is 1.37. The van der Waals surface area contributed by atoms with E-state index >= 15 is 0 Å². The van der Waals surface area contributed by atoms with Crippen molar-refractivity contribution < 1.29 is 14.3 Å². The van der Waals surface area contributed by atoms with Crippen molar-refractivity contribution in [1.82, 2.24) is 9.80 Å². The van der Waals surface area contributed by atoms with Crippen LogP contribution in [0.4, 0.5) is 21.9 Å². The normalized spacial score (nSPS) is 18.9. The number of ether oxygens (including phenoxy) is 1. The van der Waals surface area contributed by atoms with Gasteiger partial charge in [0.1, 0.15) is 11.6 Å². The zero-order valence-corrected chi connectivity index (χ0v) is 23.9. The van der Waals surface area contributed by atoms with Gasteiger partial charge < -0.3 is 19.9 Å². The molecule has 1 unspecified atom stereocenters. The van der Waals surface area contributed by atoms with Crippen molar-refractivity contribution in [2.24, 2.45) is 5.41 Å². The molecule has 2 amide bonds. The summed E-state index contributed by atoms with van der Waals surface area (Å²) in [4.78, 5) is 32.4. The zero-order valence-electron chi connectivity index (χ0n) is 23.9. The molecule has 2 aliphatic rings. The third-order valence-corrected chi connectivity index (χ3v) is 7.12. The second kappa shape index (κ2) is 11.3. The maximum atomic E-state index is 13.6. The van der Waals surface area contributed by atoms with Gasteiger partial charge >= 0.3 is 6.09 Å². The number of nitrogens with one attached hydrogen (secondary N) is 1. The van der Waals surface area contributed by atoms with Crippen LogP contribution in [0.15, 0.2) is 48.5 Å². The smallest absolute Gasteiger partial charge is 0.411 e. The van der Waals surface area contributed by atoms with E-state index in [-0.39, 0.29) is 5.91 Å². The molecule has 2 aromatic carbocycles. The summed E-state index contributed by atoms with van der Waals surface area (Å²) in [6, 6.07) is 16.3. The lowest BCUT2D eigenvalue weighted by Gasteiger charge is -2.46. The number of carbonyl (C=O) groups excluding carboxylic acids is 2. The van der Waals surface area contributed by atoms with Crippen LogP contribution in [0.2, 0.25) is 0 Å². The predicted molar refractivity (Wildman–Crippen MR) is 154 cm³/mol. The molecule has 7 heteroatoms. The van der Waals surface area contributed by atoms with Crippen LogP contribution in [0.25, 0.3) is 0 Å². The molecule has 0 aliphatic carbocycles. The molecular formula is C31H44N4O3. The third kappa shape index (κ3) is 7.00. The molecule has 206 valence electrons. The fourth-order valence-corrected chi connectivity index (χ4v) is 5.27. The Kier molecular flexibility index (Phi) is 8.24. The van der Waals surface area contributed by atoms with E-state index < -0.39 is 23.2 Å². The molecule has 2 saturated heterocycles. The summed E-state index contributed by atoms with van der Waals surface area (Å²) in [5, 5.41) is 3.48. The van der Waals surface area contributed by atoms with Gasteiger partial charge in [-0.25, -0.2) is 4.79 Å². The Morgan fingerprint density at radius 3 is 1.97 bits per heavy atom. The van der Waals surface area contributed by atoms with Crippen LogP contribution >= 0.6 is 0 Å². The number of anilines is 3. The summed E-state index contributed by atoms with van der Waals surface area (Å²) in [7, 11) is 0. The molecule has 7 nitrogen and oxygen atoms in total. The quantitative estimate of drug-likeness (QED) is 0.493. The Hall–Kier alpha value is -3.22. The zero-order chi connectivity index (χ0) is 27.5. The predicted octanol–water partition coefficient (Wildman–Crippen LogP) is 6.41. The molecule has 38 heavy (non-hydrogen) atoms. The van der Waals surface area contributed by atoms with Crippen LogP contribution in [0.3, 0.4) is 0 Å². The fourth-order valence-electron chi connectivity index (χ4n) is 5.27. The number of carbonyl (C=O) groups is 2. The first kappa shape index (κ1) is 27.8. The van der Waals surface area contributed by atoms with Gasteiger partial charge in [-0.15, -0.1) is 0 Å². The van der Waals surface area contributed by atoms with Crippen molar-refractivity contribution in [2.75, 3.05) is 36.4 Å². The molecule has 0 aromatic heterocycles. The third-order valence-electron chi connectivity index (χ3n) is 7.12. The summed E-state index contributed by atoms with van der Waals surface area (Å²) in [5.74, 6) is -0.0365. The number of amides is 2. The van der Waals surface area contributed by atoms with E-state index in [1.54, 1.807) is 4.90 Å². The highest BCUT2D eigenvalue weighted by Gasteiger charge is 2.45. The van der Waals surface area contributed by atoms with Crippen LogP contribution in [0.1, 0.15) is 66.4 Å². The molecule has 4 rings (SSSR count). The lowest BCUT2D eigenvalue weighted by Crippen LogP contribution is -2.63. The van der Waals surface area contributed by atoms with Gasteiger partial charge in [-0.1, -0.05) is 32.9 Å². The van der Waals surface area contributed by atoms with E-state index in [0.717, 1.165) is 30.0 Å². The monoisotopic (exact) mass is 520 g/mol. The van der Waals surface area contributed by atoms with Crippen LogP contribution in [-0.2, 0) is 16.1 Å². The number of benzene rings is 2. The van der Waals surface area contributed by atoms with E-state index in [4.69, 9.17) is 4.74 Å². The number of hydrogen-bond acceptors (Lipinski definition) is 5. The number of rotatable bonds is 5. The summed E-state index contributed by atoms with van der Waals surface area (Å²) >= 11 is 0. The molecular weight excluding hydrogens is 476 g/mol. The van der Waals surface area contributed by atoms with Gasteiger partial charge in [0.25, 0.3) is 0 Å². The first-order chi connectivity index (χ1) is 17.9. The van der Waals surface area contributed by atoms with E-state index in [9.17, 15) is 9.59 Å². The van der Waals surface area contributed by atoms with Crippen molar-refractivity contribution in [3.63, 3.8) is 0 Å². The molecule has 1 atom stereocenters. The highest BCUT2D eigenvalue weighted by molar-refractivity contribution is 5.87. The van der Waals surface area contributed by atoms with Crippen LogP contribution < -0.4 is 10.2 Å². The topological polar surface area (TPSA) is 65.1 Å². The highest BCUT2D eigenvalue weighted by Crippen LogP contribution is 2.31. The second-order valence-corrected chi connectivity index (χ2v) is 12.6. The van der Waals surface area contributed by atoms with Gasteiger partial charge in [0.05, 0.1) is 0 Å². The van der Waals surface area contributed by atoms with Gasteiger partial charge in [0.2, 0.25) is 5.91 Å². The second-order valence-electron chi connectivity index (χ2n) is 12.6. The number of nitrogens with zero attached hydrogens (tertiary/aromatic N) is 3. The van der Waals surface area contributed by atoms with E-state index in [2.05, 4.69) is 58.7 Å². The lowest BCUT2D eigenvalue weighted by atomic mass is 9.83. The van der Waals surface area contributed by atoms with Crippen molar-refractivity contribution >= 4 is 29.1 Å². The highest BCUT2D eigenvalue weighted by atomic mass is 16.6. The maximum absolute atomic E-state index is 13.6. The molecule has 0 radical (unpaired) electrons. The van der Waals surface area contributed by atoms with Crippen molar-refractivity contribution in [2.45, 2.75) is 79.0 Å². The summed E-state index contributed by atoms with van der Waals surface area (Å²) in [6.45, 7) is 15.3. The number of piperidine rings is 1. The molecule has 2 aliphatic heterocycles. The molecule has 2 fully saturated rings. The van der Waals surface area contributed by atoms with Gasteiger partial charge in [0.15, 0.2) is 0 Å². The minimum atomic E-state index is -0.606. The van der Waals surface area contributed by atoms with Gasteiger partial charge in [-0.2, -0.15) is 0 Å². The number of hydrogen-bond donors (Lipinski definition) is 1. The summed E-state index contributed by atoms with van der Waals surface area (Å²) in [6.07, 6.45) is 3.45. The Morgan fingerprint density at radius 2 is 1.42 bits per heavy atom. The molecule has 2 heterocycles.